The minimum absolute atomic E-state index is 0.587. The fourth-order valence-electron chi connectivity index (χ4n) is 1.43. The standard InChI is InChI=1S/C13H24N2S2/c1-10(2)14-7-5-6-12-8-17-13(15-12)9-16-11(3)4/h8,10-11,14H,5-7,9H2,1-4H3. The van der Waals surface area contributed by atoms with E-state index in [0.717, 1.165) is 18.7 Å². The third-order valence-electron chi connectivity index (χ3n) is 2.30. The highest BCUT2D eigenvalue weighted by Gasteiger charge is 2.03. The third kappa shape index (κ3) is 7.06. The van der Waals surface area contributed by atoms with Crippen LogP contribution in [0.15, 0.2) is 5.38 Å². The molecule has 1 aromatic heterocycles. The van der Waals surface area contributed by atoms with E-state index in [9.17, 15) is 0 Å². The molecule has 1 N–H and O–H groups in total. The van der Waals surface area contributed by atoms with Crippen molar-refractivity contribution in [3.63, 3.8) is 0 Å². The molecule has 1 heterocycles. The van der Waals surface area contributed by atoms with E-state index in [0.29, 0.717) is 11.3 Å². The Morgan fingerprint density at radius 3 is 2.76 bits per heavy atom. The molecule has 17 heavy (non-hydrogen) atoms. The van der Waals surface area contributed by atoms with Gasteiger partial charge in [-0.05, 0) is 24.6 Å². The van der Waals surface area contributed by atoms with Gasteiger partial charge in [0, 0.05) is 17.2 Å². The predicted molar refractivity (Wildman–Crippen MR) is 80.0 cm³/mol. The molecule has 1 aromatic rings. The Hall–Kier alpha value is -0.0600. The van der Waals surface area contributed by atoms with Crippen LogP contribution in [0.1, 0.15) is 44.8 Å². The molecule has 0 saturated carbocycles. The number of rotatable bonds is 8. The van der Waals surface area contributed by atoms with Crippen molar-refractivity contribution in [3.8, 4) is 0 Å². The molecule has 0 amide bonds. The predicted octanol–water partition coefficient (Wildman–Crippen LogP) is 3.72. The maximum Gasteiger partial charge on any atom is 0.103 e. The molecule has 0 radical (unpaired) electrons. The number of nitrogens with zero attached hydrogens (tertiary/aromatic N) is 1. The molecule has 0 bridgehead atoms. The monoisotopic (exact) mass is 272 g/mol. The number of hydrogen-bond donors (Lipinski definition) is 1. The Labute approximate surface area is 114 Å². The van der Waals surface area contributed by atoms with Crippen molar-refractivity contribution < 1.29 is 0 Å². The second-order valence-corrected chi connectivity index (χ2v) is 7.31. The molecule has 1 rings (SSSR count). The fraction of sp³-hybridized carbons (Fsp3) is 0.769. The molecule has 0 aromatic carbocycles. The molecular weight excluding hydrogens is 248 g/mol. The van der Waals surface area contributed by atoms with Gasteiger partial charge in [-0.25, -0.2) is 4.98 Å². The lowest BCUT2D eigenvalue weighted by Gasteiger charge is -2.06. The summed E-state index contributed by atoms with van der Waals surface area (Å²) in [5.41, 5.74) is 1.26. The average molecular weight is 272 g/mol. The van der Waals surface area contributed by atoms with Gasteiger partial charge in [0.2, 0.25) is 0 Å². The van der Waals surface area contributed by atoms with Gasteiger partial charge in [-0.1, -0.05) is 27.7 Å². The van der Waals surface area contributed by atoms with Crippen molar-refractivity contribution in [1.29, 1.82) is 0 Å². The van der Waals surface area contributed by atoms with Gasteiger partial charge in [0.05, 0.1) is 5.69 Å². The highest BCUT2D eigenvalue weighted by atomic mass is 32.2. The number of thiazole rings is 1. The normalized spacial score (nSPS) is 11.6. The van der Waals surface area contributed by atoms with E-state index in [4.69, 9.17) is 0 Å². The van der Waals surface area contributed by atoms with E-state index in [1.807, 2.05) is 11.8 Å². The SMILES string of the molecule is CC(C)NCCCc1csc(CSC(C)C)n1. The van der Waals surface area contributed by atoms with Crippen LogP contribution in [0.5, 0.6) is 0 Å². The largest absolute Gasteiger partial charge is 0.315 e. The lowest BCUT2D eigenvalue weighted by atomic mass is 10.2. The molecular formula is C13H24N2S2. The quantitative estimate of drug-likeness (QED) is 0.730. The van der Waals surface area contributed by atoms with Crippen molar-refractivity contribution >= 4 is 23.1 Å². The molecule has 0 atom stereocenters. The van der Waals surface area contributed by atoms with Crippen molar-refractivity contribution in [3.05, 3.63) is 16.1 Å². The second kappa shape index (κ2) is 8.11. The van der Waals surface area contributed by atoms with Gasteiger partial charge in [-0.2, -0.15) is 11.8 Å². The lowest BCUT2D eigenvalue weighted by molar-refractivity contribution is 0.569. The van der Waals surface area contributed by atoms with E-state index in [1.165, 1.54) is 17.1 Å². The first-order valence-corrected chi connectivity index (χ1v) is 8.29. The molecule has 0 aliphatic carbocycles. The summed E-state index contributed by atoms with van der Waals surface area (Å²) in [4.78, 5) is 4.67. The lowest BCUT2D eigenvalue weighted by Crippen LogP contribution is -2.23. The zero-order valence-electron chi connectivity index (χ0n) is 11.3. The zero-order chi connectivity index (χ0) is 12.7. The summed E-state index contributed by atoms with van der Waals surface area (Å²) in [6.45, 7) is 9.92. The molecule has 0 spiro atoms. The number of nitrogens with one attached hydrogen (secondary N) is 1. The topological polar surface area (TPSA) is 24.9 Å². The summed E-state index contributed by atoms with van der Waals surface area (Å²) in [6.07, 6.45) is 2.28. The van der Waals surface area contributed by atoms with E-state index in [-0.39, 0.29) is 0 Å². The number of hydrogen-bond acceptors (Lipinski definition) is 4. The fourth-order valence-corrected chi connectivity index (χ4v) is 3.06. The Bertz CT molecular complexity index is 308. The second-order valence-electron chi connectivity index (χ2n) is 4.80. The molecule has 98 valence electrons. The summed E-state index contributed by atoms with van der Waals surface area (Å²) >= 11 is 3.77. The van der Waals surface area contributed by atoms with Crippen LogP contribution in [0.25, 0.3) is 0 Å². The van der Waals surface area contributed by atoms with Crippen molar-refractivity contribution in [2.75, 3.05) is 6.54 Å². The summed E-state index contributed by atoms with van der Waals surface area (Å²) in [5, 5.41) is 7.61. The highest BCUT2D eigenvalue weighted by molar-refractivity contribution is 7.99. The van der Waals surface area contributed by atoms with Crippen LogP contribution in [0.2, 0.25) is 0 Å². The van der Waals surface area contributed by atoms with Gasteiger partial charge in [-0.3, -0.25) is 0 Å². The minimum atomic E-state index is 0.587. The molecule has 0 fully saturated rings. The summed E-state index contributed by atoms with van der Waals surface area (Å²) in [5.74, 6) is 1.06. The van der Waals surface area contributed by atoms with Crippen LogP contribution < -0.4 is 5.32 Å². The van der Waals surface area contributed by atoms with Gasteiger partial charge < -0.3 is 5.32 Å². The zero-order valence-corrected chi connectivity index (χ0v) is 13.0. The minimum Gasteiger partial charge on any atom is -0.315 e. The average Bonchev–Trinajstić information content (AvgIpc) is 2.69. The van der Waals surface area contributed by atoms with Gasteiger partial charge in [-0.15, -0.1) is 11.3 Å². The van der Waals surface area contributed by atoms with Gasteiger partial charge in [0.1, 0.15) is 5.01 Å². The van der Waals surface area contributed by atoms with Crippen LogP contribution in [-0.4, -0.2) is 22.8 Å². The molecule has 0 aliphatic rings. The van der Waals surface area contributed by atoms with Crippen LogP contribution in [0.4, 0.5) is 0 Å². The summed E-state index contributed by atoms with van der Waals surface area (Å²) < 4.78 is 0. The van der Waals surface area contributed by atoms with Crippen LogP contribution in [0, 0.1) is 0 Å². The third-order valence-corrected chi connectivity index (χ3v) is 4.49. The number of aryl methyl sites for hydroxylation is 1. The van der Waals surface area contributed by atoms with E-state index >= 15 is 0 Å². The molecule has 0 aliphatic heterocycles. The smallest absolute Gasteiger partial charge is 0.103 e. The van der Waals surface area contributed by atoms with Gasteiger partial charge >= 0.3 is 0 Å². The Morgan fingerprint density at radius 2 is 2.12 bits per heavy atom. The van der Waals surface area contributed by atoms with Gasteiger partial charge in [0.25, 0.3) is 0 Å². The maximum absolute atomic E-state index is 4.67. The first-order valence-electron chi connectivity index (χ1n) is 6.36. The molecule has 2 nitrogen and oxygen atoms in total. The Morgan fingerprint density at radius 1 is 1.35 bits per heavy atom. The first kappa shape index (κ1) is 15.0. The van der Waals surface area contributed by atoms with Crippen molar-refractivity contribution in [1.82, 2.24) is 10.3 Å². The van der Waals surface area contributed by atoms with E-state index in [1.54, 1.807) is 11.3 Å². The highest BCUT2D eigenvalue weighted by Crippen LogP contribution is 2.20. The number of thioether (sulfide) groups is 1. The summed E-state index contributed by atoms with van der Waals surface area (Å²) in [7, 11) is 0. The maximum atomic E-state index is 4.67. The molecule has 0 unspecified atom stereocenters. The van der Waals surface area contributed by atoms with Crippen molar-refractivity contribution in [2.24, 2.45) is 0 Å². The van der Waals surface area contributed by atoms with Gasteiger partial charge in [0.15, 0.2) is 0 Å². The van der Waals surface area contributed by atoms with Crippen LogP contribution >= 0.6 is 23.1 Å². The number of aromatic nitrogens is 1. The van der Waals surface area contributed by atoms with Crippen LogP contribution in [-0.2, 0) is 12.2 Å². The first-order chi connectivity index (χ1) is 8.08. The Balaban J connectivity index is 2.21. The van der Waals surface area contributed by atoms with Crippen molar-refractivity contribution in [2.45, 2.75) is 57.6 Å². The molecule has 0 saturated heterocycles. The molecule has 4 heteroatoms. The van der Waals surface area contributed by atoms with Crippen LogP contribution in [0.3, 0.4) is 0 Å². The summed E-state index contributed by atoms with van der Waals surface area (Å²) in [6, 6.07) is 0.587. The van der Waals surface area contributed by atoms with E-state index < -0.39 is 0 Å². The Kier molecular flexibility index (Phi) is 7.16. The van der Waals surface area contributed by atoms with E-state index in [2.05, 4.69) is 43.4 Å².